The van der Waals surface area contributed by atoms with Crippen LogP contribution in [0.2, 0.25) is 0 Å². The van der Waals surface area contributed by atoms with Gasteiger partial charge in [-0.25, -0.2) is 9.97 Å². The largest absolute Gasteiger partial charge is 0.504 e. The molecule has 1 amide bonds. The number of carbonyl (C=O) groups excluding carboxylic acids is 1. The van der Waals surface area contributed by atoms with Crippen molar-refractivity contribution in [2.24, 2.45) is 0 Å². The third-order valence-corrected chi connectivity index (χ3v) is 6.53. The monoisotopic (exact) mass is 562 g/mol. The number of hydrogen-bond acceptors (Lipinski definition) is 7. The summed E-state index contributed by atoms with van der Waals surface area (Å²) in [4.78, 5) is 24.3. The normalized spacial score (nSPS) is 11.6. The minimum atomic E-state index is -0.931. The molecule has 0 aliphatic rings. The molecule has 0 bridgehead atoms. The molecule has 1 heterocycles. The van der Waals surface area contributed by atoms with Gasteiger partial charge in [-0.3, -0.25) is 4.79 Å². The van der Waals surface area contributed by atoms with Crippen molar-refractivity contribution in [3.05, 3.63) is 100 Å². The summed E-state index contributed by atoms with van der Waals surface area (Å²) in [5.41, 5.74) is 3.09. The molecule has 8 nitrogen and oxygen atoms in total. The summed E-state index contributed by atoms with van der Waals surface area (Å²) < 4.78 is 0.793. The third kappa shape index (κ3) is 6.44. The van der Waals surface area contributed by atoms with Crippen LogP contribution in [0.3, 0.4) is 0 Å². The zero-order valence-corrected chi connectivity index (χ0v) is 21.8. The highest BCUT2D eigenvalue weighted by molar-refractivity contribution is 9.10. The van der Waals surface area contributed by atoms with Crippen molar-refractivity contribution in [3.8, 4) is 22.8 Å². The Labute approximate surface area is 223 Å². The van der Waals surface area contributed by atoms with Crippen LogP contribution in [-0.2, 0) is 6.54 Å². The van der Waals surface area contributed by atoms with Crippen LogP contribution < -0.4 is 10.2 Å². The molecule has 0 saturated carbocycles. The number of hydrogen-bond donors (Lipinski definition) is 4. The lowest BCUT2D eigenvalue weighted by Gasteiger charge is -2.19. The van der Waals surface area contributed by atoms with Crippen LogP contribution >= 0.6 is 15.9 Å². The Morgan fingerprint density at radius 3 is 2.49 bits per heavy atom. The molecule has 0 aliphatic heterocycles. The molecule has 37 heavy (non-hydrogen) atoms. The van der Waals surface area contributed by atoms with Crippen LogP contribution in [0.5, 0.6) is 11.5 Å². The van der Waals surface area contributed by atoms with Crippen molar-refractivity contribution in [3.63, 3.8) is 0 Å². The molecule has 3 aromatic carbocycles. The van der Waals surface area contributed by atoms with E-state index < -0.39 is 6.10 Å². The lowest BCUT2D eigenvalue weighted by atomic mass is 10.1. The molecule has 0 fully saturated rings. The Kier molecular flexibility index (Phi) is 8.37. The van der Waals surface area contributed by atoms with Gasteiger partial charge in [0.2, 0.25) is 5.95 Å². The number of halogens is 1. The van der Waals surface area contributed by atoms with E-state index in [1.54, 1.807) is 0 Å². The van der Waals surface area contributed by atoms with Crippen molar-refractivity contribution in [1.82, 2.24) is 15.3 Å². The van der Waals surface area contributed by atoms with E-state index >= 15 is 0 Å². The molecule has 1 atom stereocenters. The predicted molar refractivity (Wildman–Crippen MR) is 145 cm³/mol. The van der Waals surface area contributed by atoms with E-state index in [9.17, 15) is 20.1 Å². The van der Waals surface area contributed by atoms with Gasteiger partial charge in [-0.05, 0) is 35.7 Å². The number of nitrogens with zero attached hydrogens (tertiary/aromatic N) is 3. The first kappa shape index (κ1) is 26.1. The van der Waals surface area contributed by atoms with Gasteiger partial charge < -0.3 is 25.5 Å². The van der Waals surface area contributed by atoms with E-state index in [2.05, 4.69) is 26.2 Å². The van der Waals surface area contributed by atoms with E-state index in [-0.39, 0.29) is 30.4 Å². The first-order valence-corrected chi connectivity index (χ1v) is 12.5. The maximum atomic E-state index is 13.2. The van der Waals surface area contributed by atoms with Gasteiger partial charge in [-0.2, -0.15) is 0 Å². The second kappa shape index (κ2) is 11.9. The van der Waals surface area contributed by atoms with E-state index in [0.717, 1.165) is 15.6 Å². The number of nitrogens with one attached hydrogen (secondary N) is 1. The van der Waals surface area contributed by atoms with E-state index in [4.69, 9.17) is 4.98 Å². The zero-order chi connectivity index (χ0) is 26.4. The summed E-state index contributed by atoms with van der Waals surface area (Å²) in [6, 6.07) is 21.6. The van der Waals surface area contributed by atoms with Crippen molar-refractivity contribution in [2.75, 3.05) is 18.5 Å². The number of phenolic OH excluding ortho intramolecular Hbond substituents is 2. The molecule has 9 heteroatoms. The lowest BCUT2D eigenvalue weighted by molar-refractivity contribution is 0.0942. The minimum absolute atomic E-state index is 0.173. The molecule has 1 aromatic heterocycles. The maximum absolute atomic E-state index is 13.2. The first-order chi connectivity index (χ1) is 17.8. The summed E-state index contributed by atoms with van der Waals surface area (Å²) in [5.74, 6) is -0.465. The topological polar surface area (TPSA) is 119 Å². The highest BCUT2D eigenvalue weighted by Crippen LogP contribution is 2.31. The fourth-order valence-corrected chi connectivity index (χ4v) is 4.31. The molecule has 4 N–H and O–H groups in total. The van der Waals surface area contributed by atoms with Crippen LogP contribution in [0.1, 0.15) is 34.0 Å². The number of phenols is 2. The number of aromatic nitrogens is 2. The molecular weight excluding hydrogens is 536 g/mol. The number of rotatable bonds is 9. The van der Waals surface area contributed by atoms with Gasteiger partial charge in [-0.15, -0.1) is 0 Å². The maximum Gasteiger partial charge on any atom is 0.255 e. The standard InChI is InChI=1S/C28H27BrN4O4/c1-33(17-18-7-3-2-4-8-18)28-31-16-21(26(32-28)20-9-5-6-10-22(20)29)27(37)30-14-13-23(34)19-11-12-24(35)25(36)15-19/h2-12,15-16,23,34-36H,13-14,17H2,1H3,(H,30,37). The number of benzene rings is 3. The van der Waals surface area contributed by atoms with Gasteiger partial charge in [-0.1, -0.05) is 70.5 Å². The minimum Gasteiger partial charge on any atom is -0.504 e. The molecule has 0 aliphatic carbocycles. The summed E-state index contributed by atoms with van der Waals surface area (Å²) in [6.07, 6.45) is 0.793. The van der Waals surface area contributed by atoms with E-state index in [1.807, 2.05) is 66.5 Å². The summed E-state index contributed by atoms with van der Waals surface area (Å²) >= 11 is 3.56. The smallest absolute Gasteiger partial charge is 0.255 e. The van der Waals surface area contributed by atoms with Crippen LogP contribution in [0.4, 0.5) is 5.95 Å². The van der Waals surface area contributed by atoms with E-state index in [1.165, 1.54) is 24.4 Å². The van der Waals surface area contributed by atoms with Crippen molar-refractivity contribution in [1.29, 1.82) is 0 Å². The molecule has 1 unspecified atom stereocenters. The highest BCUT2D eigenvalue weighted by Gasteiger charge is 2.20. The van der Waals surface area contributed by atoms with Gasteiger partial charge in [0, 0.05) is 36.4 Å². The second-order valence-electron chi connectivity index (χ2n) is 8.56. The third-order valence-electron chi connectivity index (χ3n) is 5.84. The Hall–Kier alpha value is -3.95. The van der Waals surface area contributed by atoms with Crippen molar-refractivity contribution >= 4 is 27.8 Å². The van der Waals surface area contributed by atoms with Crippen LogP contribution in [0, 0.1) is 0 Å². The zero-order valence-electron chi connectivity index (χ0n) is 20.2. The van der Waals surface area contributed by atoms with Gasteiger partial charge in [0.25, 0.3) is 5.91 Å². The highest BCUT2D eigenvalue weighted by atomic mass is 79.9. The number of aromatic hydroxyl groups is 2. The Morgan fingerprint density at radius 1 is 1.03 bits per heavy atom. The molecule has 0 radical (unpaired) electrons. The molecule has 4 rings (SSSR count). The molecule has 0 spiro atoms. The van der Waals surface area contributed by atoms with E-state index in [0.29, 0.717) is 29.3 Å². The number of anilines is 1. The summed E-state index contributed by atoms with van der Waals surface area (Å²) in [7, 11) is 1.90. The summed E-state index contributed by atoms with van der Waals surface area (Å²) in [5, 5.41) is 32.4. The number of aliphatic hydroxyl groups excluding tert-OH is 1. The molecule has 0 saturated heterocycles. The Morgan fingerprint density at radius 2 is 1.76 bits per heavy atom. The molecule has 4 aromatic rings. The molecule has 190 valence electrons. The Balaban J connectivity index is 1.53. The SMILES string of the molecule is CN(Cc1ccccc1)c1ncc(C(=O)NCCC(O)c2ccc(O)c(O)c2)c(-c2ccccc2Br)n1. The lowest BCUT2D eigenvalue weighted by Crippen LogP contribution is -2.27. The average molecular weight is 563 g/mol. The predicted octanol–water partition coefficient (Wildman–Crippen LogP) is 4.81. The fraction of sp³-hybridized carbons (Fsp3) is 0.179. The number of carbonyl (C=O) groups is 1. The van der Waals surface area contributed by atoms with Gasteiger partial charge in [0.15, 0.2) is 11.5 Å². The first-order valence-electron chi connectivity index (χ1n) is 11.7. The van der Waals surface area contributed by atoms with Crippen molar-refractivity contribution in [2.45, 2.75) is 19.1 Å². The quantitative estimate of drug-likeness (QED) is 0.216. The second-order valence-corrected chi connectivity index (χ2v) is 9.42. The summed E-state index contributed by atoms with van der Waals surface area (Å²) in [6.45, 7) is 0.777. The van der Waals surface area contributed by atoms with Crippen LogP contribution in [0.25, 0.3) is 11.3 Å². The Bertz CT molecular complexity index is 1380. The number of amides is 1. The van der Waals surface area contributed by atoms with Crippen LogP contribution in [-0.4, -0.2) is 44.8 Å². The van der Waals surface area contributed by atoms with Crippen molar-refractivity contribution < 1.29 is 20.1 Å². The fourth-order valence-electron chi connectivity index (χ4n) is 3.84. The number of aliphatic hydroxyl groups is 1. The van der Waals surface area contributed by atoms with Gasteiger partial charge in [0.1, 0.15) is 0 Å². The van der Waals surface area contributed by atoms with Gasteiger partial charge >= 0.3 is 0 Å². The average Bonchev–Trinajstić information content (AvgIpc) is 2.90. The van der Waals surface area contributed by atoms with Gasteiger partial charge in [0.05, 0.1) is 17.4 Å². The molecular formula is C28H27BrN4O4. The van der Waals surface area contributed by atoms with Crippen LogP contribution in [0.15, 0.2) is 83.5 Å².